The number of nitrogens with zero attached hydrogens (tertiary/aromatic N) is 3. The quantitative estimate of drug-likeness (QED) is 0.248. The molecule has 1 aromatic rings. The van der Waals surface area contributed by atoms with E-state index in [1.807, 2.05) is 0 Å². The summed E-state index contributed by atoms with van der Waals surface area (Å²) in [5.74, 6) is 0.547. The Hall–Kier alpha value is -3.33. The molecule has 3 aliphatic heterocycles. The van der Waals surface area contributed by atoms with Gasteiger partial charge in [0.25, 0.3) is 0 Å². The molecule has 48 heavy (non-hydrogen) atoms. The first-order chi connectivity index (χ1) is 23.3. The lowest BCUT2D eigenvalue weighted by atomic mass is 9.79. The summed E-state index contributed by atoms with van der Waals surface area (Å²) in [4.78, 5) is 5.43. The van der Waals surface area contributed by atoms with Gasteiger partial charge in [0.05, 0.1) is 0 Å². The van der Waals surface area contributed by atoms with Crippen LogP contribution in [0.15, 0.2) is 106 Å². The van der Waals surface area contributed by atoms with Gasteiger partial charge in [0.15, 0.2) is 12.3 Å². The first-order valence-electron chi connectivity index (χ1n) is 19.5. The zero-order chi connectivity index (χ0) is 33.4. The molecule has 0 bridgehead atoms. The van der Waals surface area contributed by atoms with E-state index >= 15 is 0 Å². The maximum atomic E-state index is 2.72. The van der Waals surface area contributed by atoms with Crippen LogP contribution in [0, 0.1) is 11.3 Å². The molecular weight excluding hydrogens is 583 g/mol. The van der Waals surface area contributed by atoms with E-state index in [1.165, 1.54) is 86.1 Å². The molecule has 1 aromatic carbocycles. The molecule has 3 unspecified atom stereocenters. The molecule has 254 valence electrons. The Labute approximate surface area is 291 Å². The lowest BCUT2D eigenvalue weighted by Gasteiger charge is -2.33. The summed E-state index contributed by atoms with van der Waals surface area (Å²) < 4.78 is 2.72. The molecule has 3 nitrogen and oxygen atoms in total. The van der Waals surface area contributed by atoms with E-state index in [0.29, 0.717) is 18.0 Å². The van der Waals surface area contributed by atoms with Gasteiger partial charge in [-0.1, -0.05) is 83.0 Å². The monoisotopic (exact) mass is 642 g/mol. The smallest absolute Gasteiger partial charge is 0.208 e. The molecule has 0 amide bonds. The summed E-state index contributed by atoms with van der Waals surface area (Å²) in [6.45, 7) is 15.6. The Morgan fingerprint density at radius 1 is 0.875 bits per heavy atom. The van der Waals surface area contributed by atoms with Crippen molar-refractivity contribution in [3.63, 3.8) is 0 Å². The van der Waals surface area contributed by atoms with Gasteiger partial charge in [-0.25, -0.2) is 0 Å². The Balaban J connectivity index is 1.25. The third kappa shape index (κ3) is 5.94. The van der Waals surface area contributed by atoms with Crippen LogP contribution in [-0.4, -0.2) is 38.7 Å². The number of benzene rings is 1. The fraction of sp³-hybridized carbons (Fsp3) is 0.533. The van der Waals surface area contributed by atoms with Crippen LogP contribution < -0.4 is 0 Å². The highest BCUT2D eigenvalue weighted by atomic mass is 15.2. The first-order valence-corrected chi connectivity index (χ1v) is 19.5. The van der Waals surface area contributed by atoms with Crippen molar-refractivity contribution in [2.24, 2.45) is 11.3 Å². The third-order valence-corrected chi connectivity index (χ3v) is 12.3. The highest BCUT2D eigenvalue weighted by molar-refractivity contribution is 6.01. The fourth-order valence-corrected chi connectivity index (χ4v) is 9.92. The third-order valence-electron chi connectivity index (χ3n) is 12.3. The minimum atomic E-state index is 0.0592. The zero-order valence-electron chi connectivity index (χ0n) is 30.8. The molecule has 3 aliphatic carbocycles. The summed E-state index contributed by atoms with van der Waals surface area (Å²) in [5.41, 5.74) is 15.5. The van der Waals surface area contributed by atoms with E-state index in [9.17, 15) is 0 Å². The Morgan fingerprint density at radius 3 is 2.40 bits per heavy atom. The molecule has 0 spiro atoms. The van der Waals surface area contributed by atoms with Crippen molar-refractivity contribution >= 4 is 11.4 Å². The van der Waals surface area contributed by atoms with E-state index in [4.69, 9.17) is 0 Å². The van der Waals surface area contributed by atoms with Crippen LogP contribution in [0.25, 0.3) is 0 Å². The predicted octanol–water partition coefficient (Wildman–Crippen LogP) is 11.5. The number of hydrogen-bond acceptors (Lipinski definition) is 2. The molecule has 3 heterocycles. The normalized spacial score (nSPS) is 28.4. The van der Waals surface area contributed by atoms with Crippen molar-refractivity contribution in [2.45, 2.75) is 137 Å². The first kappa shape index (κ1) is 33.2. The van der Waals surface area contributed by atoms with Crippen molar-refractivity contribution < 1.29 is 4.58 Å². The van der Waals surface area contributed by atoms with Gasteiger partial charge >= 0.3 is 0 Å². The van der Waals surface area contributed by atoms with Crippen molar-refractivity contribution in [1.29, 1.82) is 0 Å². The van der Waals surface area contributed by atoms with Gasteiger partial charge in [0, 0.05) is 76.2 Å². The van der Waals surface area contributed by atoms with Crippen molar-refractivity contribution in [3.05, 3.63) is 112 Å². The molecule has 3 heteroatoms. The summed E-state index contributed by atoms with van der Waals surface area (Å²) >= 11 is 0. The SMILES string of the molecule is CCCC(C)N1C(=CC=C2CCC(C/C=C3\CC4=C(C=CCC4)N3C(C)CCC)C2=[N+]2CCc3ccccc32)C(C)(C)C2=C1C=CCC2. The van der Waals surface area contributed by atoms with Crippen molar-refractivity contribution in [2.75, 3.05) is 6.54 Å². The van der Waals surface area contributed by atoms with Crippen molar-refractivity contribution in [1.82, 2.24) is 9.80 Å². The van der Waals surface area contributed by atoms with Gasteiger partial charge in [0.2, 0.25) is 5.69 Å². The summed E-state index contributed by atoms with van der Waals surface area (Å²) in [7, 11) is 0. The molecule has 6 aliphatic rings. The summed E-state index contributed by atoms with van der Waals surface area (Å²) in [5, 5.41) is 0. The number of hydrogen-bond donors (Lipinski definition) is 0. The predicted molar refractivity (Wildman–Crippen MR) is 203 cm³/mol. The van der Waals surface area contributed by atoms with E-state index in [0.717, 1.165) is 32.2 Å². The number of rotatable bonds is 9. The Bertz CT molecular complexity index is 1670. The lowest BCUT2D eigenvalue weighted by molar-refractivity contribution is -0.431. The van der Waals surface area contributed by atoms with Gasteiger partial charge in [-0.05, 0) is 101 Å². The zero-order valence-corrected chi connectivity index (χ0v) is 30.8. The Kier molecular flexibility index (Phi) is 9.60. The van der Waals surface area contributed by atoms with Crippen LogP contribution >= 0.6 is 0 Å². The van der Waals surface area contributed by atoms with E-state index in [1.54, 1.807) is 28.1 Å². The molecule has 0 aromatic heterocycles. The second kappa shape index (κ2) is 13.9. The lowest BCUT2D eigenvalue weighted by Crippen LogP contribution is -2.31. The van der Waals surface area contributed by atoms with Crippen LogP contribution in [0.5, 0.6) is 0 Å². The summed E-state index contributed by atoms with van der Waals surface area (Å²) in [6.07, 6.45) is 32.9. The van der Waals surface area contributed by atoms with Gasteiger partial charge < -0.3 is 9.80 Å². The van der Waals surface area contributed by atoms with Crippen LogP contribution in [0.2, 0.25) is 0 Å². The van der Waals surface area contributed by atoms with Gasteiger partial charge in [-0.15, -0.1) is 0 Å². The van der Waals surface area contributed by atoms with Crippen molar-refractivity contribution in [3.8, 4) is 0 Å². The average Bonchev–Trinajstić information content (AvgIpc) is 3.84. The number of allylic oxidation sites excluding steroid dienone is 10. The van der Waals surface area contributed by atoms with E-state index in [-0.39, 0.29) is 5.41 Å². The second-order valence-corrected chi connectivity index (χ2v) is 15.9. The highest BCUT2D eigenvalue weighted by Crippen LogP contribution is 2.52. The maximum Gasteiger partial charge on any atom is 0.208 e. The number of para-hydroxylation sites is 1. The maximum absolute atomic E-state index is 2.72. The molecule has 3 atom stereocenters. The van der Waals surface area contributed by atoms with Gasteiger partial charge in [-0.3, -0.25) is 0 Å². The molecular formula is C45H60N3+. The van der Waals surface area contributed by atoms with Crippen LogP contribution in [0.3, 0.4) is 0 Å². The minimum absolute atomic E-state index is 0.0592. The Morgan fingerprint density at radius 2 is 1.60 bits per heavy atom. The molecule has 1 fully saturated rings. The molecule has 0 N–H and O–H groups in total. The molecule has 7 rings (SSSR count). The standard InChI is InChI=1S/C45H60N3/c1-7-15-32(3)47-38(31-37-18-10-13-21-41(37)47)27-25-35-23-24-36(44(35)46-30-29-34-17-9-12-20-40(34)46)26-28-43-45(5,6)39-19-11-14-22-42(39)48(43)33(4)16-8-2/h9,12-14,17,20-22,26-28,32-33,35H,7-8,10-11,15-16,18-19,23-25,29-31H2,1-6H3/q+1/b38-27+. The molecule has 0 radical (unpaired) electrons. The van der Waals surface area contributed by atoms with E-state index in [2.05, 4.69) is 123 Å². The van der Waals surface area contributed by atoms with E-state index < -0.39 is 0 Å². The number of fused-ring (bicyclic) bond motifs is 1. The van der Waals surface area contributed by atoms with Gasteiger partial charge in [-0.2, -0.15) is 4.58 Å². The second-order valence-electron chi connectivity index (χ2n) is 15.9. The highest BCUT2D eigenvalue weighted by Gasteiger charge is 2.44. The molecule has 0 saturated heterocycles. The van der Waals surface area contributed by atoms with Crippen LogP contribution in [0.4, 0.5) is 5.69 Å². The summed E-state index contributed by atoms with van der Waals surface area (Å²) in [6, 6.07) is 10.2. The van der Waals surface area contributed by atoms with Crippen LogP contribution in [0.1, 0.15) is 124 Å². The fourth-order valence-electron chi connectivity index (χ4n) is 9.92. The van der Waals surface area contributed by atoms with Crippen LogP contribution in [-0.2, 0) is 6.42 Å². The molecule has 1 saturated carbocycles. The average molecular weight is 643 g/mol. The topological polar surface area (TPSA) is 9.49 Å². The minimum Gasteiger partial charge on any atom is -0.342 e. The largest absolute Gasteiger partial charge is 0.342 e. The van der Waals surface area contributed by atoms with Gasteiger partial charge in [0.1, 0.15) is 0 Å².